The summed E-state index contributed by atoms with van der Waals surface area (Å²) in [6.45, 7) is 0. The number of rotatable bonds is 4. The molecule has 0 atom stereocenters. The number of benzene rings is 2. The number of methoxy groups -OCH3 is 1. The maximum absolute atomic E-state index is 12.8. The van der Waals surface area contributed by atoms with E-state index in [9.17, 15) is 4.79 Å². The number of halogens is 1. The zero-order valence-electron chi connectivity index (χ0n) is 14.5. The Morgan fingerprint density at radius 3 is 2.74 bits per heavy atom. The summed E-state index contributed by atoms with van der Waals surface area (Å²) in [6, 6.07) is 18.3. The molecule has 2 aromatic carbocycles. The summed E-state index contributed by atoms with van der Waals surface area (Å²) in [5, 5.41) is 3.41. The van der Waals surface area contributed by atoms with Crippen LogP contribution in [0.25, 0.3) is 16.9 Å². The lowest BCUT2D eigenvalue weighted by Crippen LogP contribution is -2.14. The van der Waals surface area contributed by atoms with E-state index in [2.05, 4.69) is 10.3 Å². The lowest BCUT2D eigenvalue weighted by Gasteiger charge is -2.12. The molecule has 4 aromatic rings. The van der Waals surface area contributed by atoms with Gasteiger partial charge in [0, 0.05) is 23.0 Å². The summed E-state index contributed by atoms with van der Waals surface area (Å²) >= 11 is 6.04. The third-order valence-electron chi connectivity index (χ3n) is 4.22. The molecule has 134 valence electrons. The number of fused-ring (bicyclic) bond motifs is 1. The Kier molecular flexibility index (Phi) is 4.52. The Hall–Kier alpha value is -3.31. The van der Waals surface area contributed by atoms with Gasteiger partial charge < -0.3 is 14.5 Å². The van der Waals surface area contributed by atoms with E-state index in [0.717, 1.165) is 16.9 Å². The minimum Gasteiger partial charge on any atom is -0.496 e. The van der Waals surface area contributed by atoms with Gasteiger partial charge in [0.25, 0.3) is 5.91 Å². The average molecular weight is 378 g/mol. The molecular formula is C21H16ClN3O2. The van der Waals surface area contributed by atoms with Crippen molar-refractivity contribution in [3.63, 3.8) is 0 Å². The number of hydrogen-bond acceptors (Lipinski definition) is 3. The minimum absolute atomic E-state index is 0.300. The van der Waals surface area contributed by atoms with Crippen LogP contribution in [0.3, 0.4) is 0 Å². The molecule has 1 amide bonds. The van der Waals surface area contributed by atoms with E-state index in [-0.39, 0.29) is 5.91 Å². The van der Waals surface area contributed by atoms with Crippen molar-refractivity contribution in [2.75, 3.05) is 12.4 Å². The highest BCUT2D eigenvalue weighted by atomic mass is 35.5. The van der Waals surface area contributed by atoms with Crippen LogP contribution in [0.5, 0.6) is 5.75 Å². The number of carbonyl (C=O) groups excluding carboxylic acids is 1. The van der Waals surface area contributed by atoms with Crippen LogP contribution in [0.15, 0.2) is 73.1 Å². The van der Waals surface area contributed by atoms with Crippen LogP contribution >= 0.6 is 11.6 Å². The number of nitrogens with one attached hydrogen (secondary N) is 1. The highest BCUT2D eigenvalue weighted by Gasteiger charge is 2.16. The molecule has 0 saturated heterocycles. The van der Waals surface area contributed by atoms with Gasteiger partial charge in [0.05, 0.1) is 24.1 Å². The molecule has 0 bridgehead atoms. The fourth-order valence-electron chi connectivity index (χ4n) is 2.93. The average Bonchev–Trinajstić information content (AvgIpc) is 3.12. The molecule has 0 aliphatic carbocycles. The van der Waals surface area contributed by atoms with Crippen molar-refractivity contribution in [2.45, 2.75) is 0 Å². The summed E-state index contributed by atoms with van der Waals surface area (Å²) in [5.41, 5.74) is 3.47. The maximum atomic E-state index is 12.8. The zero-order valence-corrected chi connectivity index (χ0v) is 15.3. The molecule has 0 aliphatic heterocycles. The van der Waals surface area contributed by atoms with Crippen molar-refractivity contribution < 1.29 is 9.53 Å². The van der Waals surface area contributed by atoms with Gasteiger partial charge in [-0.3, -0.25) is 4.79 Å². The summed E-state index contributed by atoms with van der Waals surface area (Å²) < 4.78 is 7.22. The molecule has 0 fully saturated rings. The van der Waals surface area contributed by atoms with Crippen LogP contribution in [0.1, 0.15) is 10.4 Å². The van der Waals surface area contributed by atoms with Crippen molar-refractivity contribution in [1.82, 2.24) is 9.38 Å². The predicted octanol–water partition coefficient (Wildman–Crippen LogP) is 4.92. The number of ether oxygens (including phenoxy) is 1. The summed E-state index contributed by atoms with van der Waals surface area (Å²) in [4.78, 5) is 17.5. The number of para-hydroxylation sites is 1. The Labute approximate surface area is 161 Å². The normalized spacial score (nSPS) is 10.7. The minimum atomic E-state index is -0.300. The van der Waals surface area contributed by atoms with Crippen LogP contribution in [-0.4, -0.2) is 22.4 Å². The van der Waals surface area contributed by atoms with Gasteiger partial charge in [0.15, 0.2) is 0 Å². The van der Waals surface area contributed by atoms with Crippen LogP contribution in [0.4, 0.5) is 5.69 Å². The van der Waals surface area contributed by atoms with Gasteiger partial charge in [-0.15, -0.1) is 0 Å². The van der Waals surface area contributed by atoms with Crippen LogP contribution in [-0.2, 0) is 0 Å². The molecule has 2 heterocycles. The fraction of sp³-hybridized carbons (Fsp3) is 0.0476. The van der Waals surface area contributed by atoms with Crippen molar-refractivity contribution in [3.05, 3.63) is 83.6 Å². The van der Waals surface area contributed by atoms with E-state index in [0.29, 0.717) is 22.0 Å². The highest BCUT2D eigenvalue weighted by Crippen LogP contribution is 2.29. The topological polar surface area (TPSA) is 55.6 Å². The van der Waals surface area contributed by atoms with Gasteiger partial charge in [-0.1, -0.05) is 35.9 Å². The molecule has 4 rings (SSSR count). The SMILES string of the molecule is COc1ccc(Cl)cc1C(=O)Nc1ccccc1-c1cn2ccccc2n1. The summed E-state index contributed by atoms with van der Waals surface area (Å²) in [6.07, 6.45) is 3.87. The molecule has 5 nitrogen and oxygen atoms in total. The van der Waals surface area contributed by atoms with Crippen LogP contribution < -0.4 is 10.1 Å². The first-order valence-corrected chi connectivity index (χ1v) is 8.71. The molecule has 0 spiro atoms. The van der Waals surface area contributed by atoms with Crippen LogP contribution in [0.2, 0.25) is 5.02 Å². The quantitative estimate of drug-likeness (QED) is 0.549. The van der Waals surface area contributed by atoms with Gasteiger partial charge in [0.2, 0.25) is 0 Å². The summed E-state index contributed by atoms with van der Waals surface area (Å²) in [5.74, 6) is 0.160. The van der Waals surface area contributed by atoms with Gasteiger partial charge in [0.1, 0.15) is 11.4 Å². The predicted molar refractivity (Wildman–Crippen MR) is 107 cm³/mol. The van der Waals surface area contributed by atoms with E-state index in [1.165, 1.54) is 7.11 Å². The summed E-state index contributed by atoms with van der Waals surface area (Å²) in [7, 11) is 1.52. The van der Waals surface area contributed by atoms with Crippen molar-refractivity contribution >= 4 is 28.8 Å². The van der Waals surface area contributed by atoms with Gasteiger partial charge in [-0.25, -0.2) is 4.98 Å². The number of nitrogens with zero attached hydrogens (tertiary/aromatic N) is 2. The number of aromatic nitrogens is 2. The van der Waals surface area contributed by atoms with E-state index < -0.39 is 0 Å². The number of anilines is 1. The van der Waals surface area contributed by atoms with Gasteiger partial charge in [-0.05, 0) is 36.4 Å². The Balaban J connectivity index is 1.71. The van der Waals surface area contributed by atoms with Gasteiger partial charge in [-0.2, -0.15) is 0 Å². The Morgan fingerprint density at radius 2 is 1.93 bits per heavy atom. The van der Waals surface area contributed by atoms with Crippen LogP contribution in [0, 0.1) is 0 Å². The first kappa shape index (κ1) is 17.1. The van der Waals surface area contributed by atoms with E-state index in [4.69, 9.17) is 16.3 Å². The Morgan fingerprint density at radius 1 is 1.11 bits per heavy atom. The van der Waals surface area contributed by atoms with Gasteiger partial charge >= 0.3 is 0 Å². The standard InChI is InChI=1S/C21H16ClN3O2/c1-27-19-10-9-14(22)12-16(19)21(26)24-17-7-3-2-6-15(17)18-13-25-11-5-4-8-20(25)23-18/h2-13H,1H3,(H,24,26). The van der Waals surface area contributed by atoms with E-state index in [1.54, 1.807) is 18.2 Å². The largest absolute Gasteiger partial charge is 0.496 e. The second-order valence-corrected chi connectivity index (χ2v) is 6.37. The molecule has 2 aromatic heterocycles. The smallest absolute Gasteiger partial charge is 0.259 e. The fourth-order valence-corrected chi connectivity index (χ4v) is 3.10. The Bertz CT molecular complexity index is 1100. The number of carbonyl (C=O) groups is 1. The monoisotopic (exact) mass is 377 g/mol. The molecule has 27 heavy (non-hydrogen) atoms. The highest BCUT2D eigenvalue weighted by molar-refractivity contribution is 6.31. The number of hydrogen-bond donors (Lipinski definition) is 1. The maximum Gasteiger partial charge on any atom is 0.259 e. The first-order chi connectivity index (χ1) is 13.2. The third kappa shape index (κ3) is 3.37. The zero-order chi connectivity index (χ0) is 18.8. The number of pyridine rings is 1. The third-order valence-corrected chi connectivity index (χ3v) is 4.46. The van der Waals surface area contributed by atoms with Crippen molar-refractivity contribution in [1.29, 1.82) is 0 Å². The number of amides is 1. The lowest BCUT2D eigenvalue weighted by molar-refractivity contribution is 0.102. The van der Waals surface area contributed by atoms with E-state index in [1.807, 2.05) is 59.3 Å². The molecule has 1 N–H and O–H groups in total. The molecule has 0 radical (unpaired) electrons. The molecule has 0 unspecified atom stereocenters. The molecule has 6 heteroatoms. The molecule has 0 saturated carbocycles. The van der Waals surface area contributed by atoms with Crippen molar-refractivity contribution in [2.24, 2.45) is 0 Å². The lowest BCUT2D eigenvalue weighted by atomic mass is 10.1. The first-order valence-electron chi connectivity index (χ1n) is 8.34. The molecular weight excluding hydrogens is 362 g/mol. The second-order valence-electron chi connectivity index (χ2n) is 5.94. The van der Waals surface area contributed by atoms with Crippen molar-refractivity contribution in [3.8, 4) is 17.0 Å². The molecule has 0 aliphatic rings. The number of imidazole rings is 1. The second kappa shape index (κ2) is 7.13. The van der Waals surface area contributed by atoms with E-state index >= 15 is 0 Å².